The van der Waals surface area contributed by atoms with Gasteiger partial charge in [0.2, 0.25) is 0 Å². The molecule has 8 heteroatoms. The summed E-state index contributed by atoms with van der Waals surface area (Å²) in [5, 5.41) is 11.6. The van der Waals surface area contributed by atoms with Gasteiger partial charge in [-0.05, 0) is 23.2 Å². The lowest BCUT2D eigenvalue weighted by molar-refractivity contribution is 0.318. The summed E-state index contributed by atoms with van der Waals surface area (Å²) in [5.41, 5.74) is 6.93. The molecule has 0 amide bonds. The molecule has 0 aliphatic heterocycles. The average molecular weight is 267 g/mol. The zero-order valence-corrected chi connectivity index (χ0v) is 10.3. The van der Waals surface area contributed by atoms with E-state index >= 15 is 0 Å². The molecule has 0 saturated carbocycles. The van der Waals surface area contributed by atoms with Crippen molar-refractivity contribution < 1.29 is 5.21 Å². The highest BCUT2D eigenvalue weighted by Gasteiger charge is 2.09. The highest BCUT2D eigenvalue weighted by Crippen LogP contribution is 2.24. The normalized spacial score (nSPS) is 11.6. The van der Waals surface area contributed by atoms with Crippen LogP contribution in [0.5, 0.6) is 0 Å². The third-order valence-corrected chi connectivity index (χ3v) is 3.78. The van der Waals surface area contributed by atoms with E-state index in [4.69, 9.17) is 10.9 Å². The van der Waals surface area contributed by atoms with Crippen molar-refractivity contribution in [3.8, 4) is 0 Å². The van der Waals surface area contributed by atoms with Crippen molar-refractivity contribution in [1.29, 1.82) is 0 Å². The zero-order chi connectivity index (χ0) is 12.1. The lowest BCUT2D eigenvalue weighted by atomic mass is 10.2. The minimum Gasteiger partial charge on any atom is -0.409 e. The van der Waals surface area contributed by atoms with Crippen molar-refractivity contribution in [1.82, 2.24) is 14.3 Å². The lowest BCUT2D eigenvalue weighted by Crippen LogP contribution is -2.17. The van der Waals surface area contributed by atoms with Gasteiger partial charge in [0.05, 0.1) is 0 Å². The number of hydrogen-bond acceptors (Lipinski definition) is 7. The number of nitrogens with two attached hydrogens (primary N) is 1. The van der Waals surface area contributed by atoms with Crippen molar-refractivity contribution in [3.63, 3.8) is 0 Å². The van der Waals surface area contributed by atoms with Gasteiger partial charge in [0.15, 0.2) is 10.2 Å². The first-order valence-corrected chi connectivity index (χ1v) is 6.38. The molecule has 2 aromatic heterocycles. The Morgan fingerprint density at radius 1 is 1.53 bits per heavy atom. The first kappa shape index (κ1) is 11.8. The number of pyridine rings is 1. The Kier molecular flexibility index (Phi) is 3.89. The fraction of sp³-hybridized carbons (Fsp3) is 0.111. The second-order valence-corrected chi connectivity index (χ2v) is 4.99. The van der Waals surface area contributed by atoms with E-state index in [-0.39, 0.29) is 5.84 Å². The maximum Gasteiger partial charge on any atom is 0.189 e. The van der Waals surface area contributed by atoms with E-state index in [0.29, 0.717) is 11.4 Å². The monoisotopic (exact) mass is 267 g/mol. The number of hydrogen-bond donors (Lipinski definition) is 2. The molecule has 0 bridgehead atoms. The Morgan fingerprint density at radius 3 is 3.12 bits per heavy atom. The van der Waals surface area contributed by atoms with E-state index in [2.05, 4.69) is 19.5 Å². The number of thioether (sulfide) groups is 1. The summed E-state index contributed by atoms with van der Waals surface area (Å²) in [5.74, 6) is 0.660. The van der Waals surface area contributed by atoms with E-state index in [9.17, 15) is 0 Å². The molecule has 0 fully saturated rings. The molecule has 0 aliphatic rings. The maximum absolute atomic E-state index is 8.66. The van der Waals surface area contributed by atoms with Gasteiger partial charge in [0.25, 0.3) is 0 Å². The second kappa shape index (κ2) is 5.60. The minimum atomic E-state index is 0.0125. The Balaban J connectivity index is 2.15. The van der Waals surface area contributed by atoms with Crippen LogP contribution >= 0.6 is 23.3 Å². The van der Waals surface area contributed by atoms with Gasteiger partial charge in [-0.3, -0.25) is 4.98 Å². The van der Waals surface area contributed by atoms with Gasteiger partial charge in [-0.25, -0.2) is 4.98 Å². The molecule has 0 unspecified atom stereocenters. The van der Waals surface area contributed by atoms with Crippen LogP contribution in [0.15, 0.2) is 34.2 Å². The fourth-order valence-corrected chi connectivity index (χ4v) is 2.63. The van der Waals surface area contributed by atoms with Crippen LogP contribution in [0.3, 0.4) is 0 Å². The van der Waals surface area contributed by atoms with Crippen molar-refractivity contribution >= 4 is 29.1 Å². The molecule has 0 aromatic carbocycles. The highest BCUT2D eigenvalue weighted by molar-refractivity contribution is 8.00. The summed E-state index contributed by atoms with van der Waals surface area (Å²) in [6.45, 7) is 0. The van der Waals surface area contributed by atoms with Gasteiger partial charge in [-0.15, -0.1) is 0 Å². The average Bonchev–Trinajstić information content (AvgIpc) is 2.89. The maximum atomic E-state index is 8.66. The topological polar surface area (TPSA) is 97.3 Å². The van der Waals surface area contributed by atoms with Gasteiger partial charge < -0.3 is 10.9 Å². The summed E-state index contributed by atoms with van der Waals surface area (Å²) in [4.78, 5) is 8.15. The van der Waals surface area contributed by atoms with Crippen LogP contribution < -0.4 is 5.73 Å². The standard InChI is InChI=1S/C9H9N5OS2/c10-8(14-15)7-6(2-1-3-11-7)4-16-9-12-5-13-17-9/h1-3,5,15H,4H2,(H2,10,14). The predicted molar refractivity (Wildman–Crippen MR) is 66.2 cm³/mol. The van der Waals surface area contributed by atoms with Gasteiger partial charge in [-0.2, -0.15) is 4.37 Å². The quantitative estimate of drug-likeness (QED) is 0.285. The first-order chi connectivity index (χ1) is 8.31. The molecule has 2 aromatic rings. The van der Waals surface area contributed by atoms with Gasteiger partial charge in [0.1, 0.15) is 12.0 Å². The third-order valence-electron chi connectivity index (χ3n) is 1.93. The van der Waals surface area contributed by atoms with Crippen LogP contribution in [0, 0.1) is 0 Å². The predicted octanol–water partition coefficient (Wildman–Crippen LogP) is 1.32. The molecule has 3 N–H and O–H groups in total. The van der Waals surface area contributed by atoms with Crippen molar-refractivity contribution in [3.05, 3.63) is 35.9 Å². The Hall–Kier alpha value is -1.67. The fourth-order valence-electron chi connectivity index (χ4n) is 1.20. The van der Waals surface area contributed by atoms with Crippen molar-refractivity contribution in [2.24, 2.45) is 10.9 Å². The Bertz CT molecular complexity index is 514. The number of aromatic nitrogens is 3. The molecule has 0 spiro atoms. The Morgan fingerprint density at radius 2 is 2.41 bits per heavy atom. The summed E-state index contributed by atoms with van der Waals surface area (Å²) >= 11 is 2.87. The number of amidine groups is 1. The lowest BCUT2D eigenvalue weighted by Gasteiger charge is -2.05. The summed E-state index contributed by atoms with van der Waals surface area (Å²) in [6, 6.07) is 3.69. The van der Waals surface area contributed by atoms with E-state index in [1.54, 1.807) is 6.20 Å². The molecule has 2 rings (SSSR count). The van der Waals surface area contributed by atoms with Gasteiger partial charge in [-0.1, -0.05) is 23.0 Å². The molecule has 0 atom stereocenters. The Labute approximate surface area is 106 Å². The first-order valence-electron chi connectivity index (χ1n) is 4.62. The molecule has 0 aliphatic carbocycles. The summed E-state index contributed by atoms with van der Waals surface area (Å²) < 4.78 is 4.79. The molecule has 0 saturated heterocycles. The highest BCUT2D eigenvalue weighted by atomic mass is 32.2. The van der Waals surface area contributed by atoms with E-state index in [1.165, 1.54) is 29.6 Å². The van der Waals surface area contributed by atoms with Crippen LogP contribution in [-0.4, -0.2) is 25.4 Å². The number of nitrogens with zero attached hydrogens (tertiary/aromatic N) is 4. The molecule has 6 nitrogen and oxygen atoms in total. The van der Waals surface area contributed by atoms with E-state index < -0.39 is 0 Å². The molecule has 88 valence electrons. The largest absolute Gasteiger partial charge is 0.409 e. The van der Waals surface area contributed by atoms with E-state index in [1.807, 2.05) is 12.1 Å². The van der Waals surface area contributed by atoms with Crippen LogP contribution in [0.4, 0.5) is 0 Å². The van der Waals surface area contributed by atoms with Crippen LogP contribution in [-0.2, 0) is 5.75 Å². The molecule has 17 heavy (non-hydrogen) atoms. The van der Waals surface area contributed by atoms with Crippen molar-refractivity contribution in [2.75, 3.05) is 0 Å². The summed E-state index contributed by atoms with van der Waals surface area (Å²) in [7, 11) is 0. The smallest absolute Gasteiger partial charge is 0.189 e. The number of oxime groups is 1. The second-order valence-electron chi connectivity index (χ2n) is 2.99. The zero-order valence-electron chi connectivity index (χ0n) is 8.65. The minimum absolute atomic E-state index is 0.0125. The molecule has 0 radical (unpaired) electrons. The van der Waals surface area contributed by atoms with Gasteiger partial charge >= 0.3 is 0 Å². The van der Waals surface area contributed by atoms with E-state index in [0.717, 1.165) is 9.90 Å². The van der Waals surface area contributed by atoms with Crippen LogP contribution in [0.2, 0.25) is 0 Å². The summed E-state index contributed by atoms with van der Waals surface area (Å²) in [6.07, 6.45) is 3.12. The van der Waals surface area contributed by atoms with Crippen molar-refractivity contribution in [2.45, 2.75) is 10.1 Å². The van der Waals surface area contributed by atoms with Crippen LogP contribution in [0.25, 0.3) is 0 Å². The molecular formula is C9H9N5OS2. The van der Waals surface area contributed by atoms with Crippen LogP contribution in [0.1, 0.15) is 11.3 Å². The third kappa shape index (κ3) is 2.92. The molecular weight excluding hydrogens is 258 g/mol. The van der Waals surface area contributed by atoms with Gasteiger partial charge in [0, 0.05) is 11.9 Å². The SMILES string of the molecule is NC(=NO)c1ncccc1CSc1ncns1. The molecule has 2 heterocycles. The number of rotatable bonds is 4.